The molecule has 150 valence electrons. The number of rotatable bonds is 8. The molecule has 0 heterocycles. The van der Waals surface area contributed by atoms with E-state index in [1.807, 2.05) is 32.9 Å². The number of hydrogen-bond acceptors (Lipinski definition) is 4. The lowest BCUT2D eigenvalue weighted by Crippen LogP contribution is -2.30. The average molecular weight is 391 g/mol. The molecule has 28 heavy (non-hydrogen) atoms. The number of carbonyl (C=O) groups is 2. The van der Waals surface area contributed by atoms with Crippen molar-refractivity contribution in [1.29, 1.82) is 0 Å². The van der Waals surface area contributed by atoms with Gasteiger partial charge in [0.2, 0.25) is 0 Å². The van der Waals surface area contributed by atoms with Crippen LogP contribution in [0.3, 0.4) is 0 Å². The maximum absolute atomic E-state index is 12.2. The van der Waals surface area contributed by atoms with Crippen LogP contribution in [0.25, 0.3) is 0 Å². The lowest BCUT2D eigenvalue weighted by atomic mass is 10.00. The molecule has 2 aromatic rings. The van der Waals surface area contributed by atoms with Crippen LogP contribution in [0.4, 0.5) is 8.78 Å². The monoisotopic (exact) mass is 391 g/mol. The Balaban J connectivity index is 1.76. The summed E-state index contributed by atoms with van der Waals surface area (Å²) in [5.74, 6) is -0.857. The van der Waals surface area contributed by atoms with Gasteiger partial charge >= 0.3 is 12.6 Å². The maximum Gasteiger partial charge on any atom is 0.387 e. The fraction of sp³-hybridized carbons (Fsp3) is 0.333. The quantitative estimate of drug-likeness (QED) is 0.697. The fourth-order valence-corrected chi connectivity index (χ4v) is 2.94. The van der Waals surface area contributed by atoms with Gasteiger partial charge in [-0.1, -0.05) is 29.8 Å². The Bertz CT molecular complexity index is 812. The van der Waals surface area contributed by atoms with E-state index in [0.29, 0.717) is 18.5 Å². The second-order valence-corrected chi connectivity index (χ2v) is 6.47. The molecule has 7 heteroatoms. The lowest BCUT2D eigenvalue weighted by Gasteiger charge is -2.11. The van der Waals surface area contributed by atoms with E-state index in [2.05, 4.69) is 10.1 Å². The standard InChI is InChI=1S/C21H23F2NO4/c1-13-10-14(2)19(15(3)11-13)20(26)27-12-18(25)24-9-8-16-4-6-17(7-5-16)28-21(22)23/h4-7,10-11,21H,8-9,12H2,1-3H3,(H,24,25). The summed E-state index contributed by atoms with van der Waals surface area (Å²) >= 11 is 0. The first-order valence-corrected chi connectivity index (χ1v) is 8.81. The first-order chi connectivity index (χ1) is 13.3. The Morgan fingerprint density at radius 1 is 1.04 bits per heavy atom. The number of halogens is 2. The second-order valence-electron chi connectivity index (χ2n) is 6.47. The van der Waals surface area contributed by atoms with E-state index < -0.39 is 18.5 Å². The van der Waals surface area contributed by atoms with E-state index in [1.165, 1.54) is 12.1 Å². The van der Waals surface area contributed by atoms with Gasteiger partial charge in [-0.2, -0.15) is 8.78 Å². The van der Waals surface area contributed by atoms with Gasteiger partial charge < -0.3 is 14.8 Å². The smallest absolute Gasteiger partial charge is 0.387 e. The zero-order valence-electron chi connectivity index (χ0n) is 16.1. The Labute approximate surface area is 162 Å². The molecule has 0 fully saturated rings. The number of amides is 1. The minimum absolute atomic E-state index is 0.0800. The predicted molar refractivity (Wildman–Crippen MR) is 101 cm³/mol. The highest BCUT2D eigenvalue weighted by molar-refractivity contribution is 5.94. The van der Waals surface area contributed by atoms with Crippen molar-refractivity contribution in [1.82, 2.24) is 5.32 Å². The molecule has 5 nitrogen and oxygen atoms in total. The third-order valence-electron chi connectivity index (χ3n) is 4.10. The molecule has 0 saturated carbocycles. The SMILES string of the molecule is Cc1cc(C)c(C(=O)OCC(=O)NCCc2ccc(OC(F)F)cc2)c(C)c1. The van der Waals surface area contributed by atoms with Crippen LogP contribution in [0, 0.1) is 20.8 Å². The van der Waals surface area contributed by atoms with Crippen molar-refractivity contribution >= 4 is 11.9 Å². The molecule has 0 aromatic heterocycles. The van der Waals surface area contributed by atoms with Crippen molar-refractivity contribution < 1.29 is 27.8 Å². The molecule has 0 aliphatic rings. The summed E-state index contributed by atoms with van der Waals surface area (Å²) < 4.78 is 33.6. The minimum atomic E-state index is -2.86. The van der Waals surface area contributed by atoms with Crippen LogP contribution >= 0.6 is 0 Å². The zero-order chi connectivity index (χ0) is 20.7. The largest absolute Gasteiger partial charge is 0.452 e. The molecule has 0 aliphatic carbocycles. The summed E-state index contributed by atoms with van der Waals surface area (Å²) in [5, 5.41) is 2.66. The molecule has 0 radical (unpaired) electrons. The Hall–Kier alpha value is -2.96. The number of ether oxygens (including phenoxy) is 2. The number of carbonyl (C=O) groups excluding carboxylic acids is 2. The number of hydrogen-bond donors (Lipinski definition) is 1. The van der Waals surface area contributed by atoms with Crippen LogP contribution in [0.2, 0.25) is 0 Å². The first-order valence-electron chi connectivity index (χ1n) is 8.81. The molecule has 2 rings (SSSR count). The van der Waals surface area contributed by atoms with Crippen LogP contribution in [0.15, 0.2) is 36.4 Å². The third-order valence-corrected chi connectivity index (χ3v) is 4.10. The third kappa shape index (κ3) is 6.33. The van der Waals surface area contributed by atoms with Crippen molar-refractivity contribution in [3.63, 3.8) is 0 Å². The number of alkyl halides is 2. The molecule has 0 aliphatic heterocycles. The van der Waals surface area contributed by atoms with Crippen LogP contribution in [-0.4, -0.2) is 31.6 Å². The summed E-state index contributed by atoms with van der Waals surface area (Å²) in [5.41, 5.74) is 4.00. The molecular weight excluding hydrogens is 368 g/mol. The average Bonchev–Trinajstić information content (AvgIpc) is 2.60. The molecule has 0 atom stereocenters. The van der Waals surface area contributed by atoms with E-state index in [0.717, 1.165) is 22.3 Å². The van der Waals surface area contributed by atoms with E-state index in [9.17, 15) is 18.4 Å². The topological polar surface area (TPSA) is 64.6 Å². The van der Waals surface area contributed by atoms with Gasteiger partial charge in [0.15, 0.2) is 6.61 Å². The van der Waals surface area contributed by atoms with Gasteiger partial charge in [-0.3, -0.25) is 4.79 Å². The van der Waals surface area contributed by atoms with E-state index in [1.54, 1.807) is 12.1 Å². The molecule has 0 bridgehead atoms. The molecule has 0 unspecified atom stereocenters. The minimum Gasteiger partial charge on any atom is -0.452 e. The Morgan fingerprint density at radius 2 is 1.64 bits per heavy atom. The molecule has 0 spiro atoms. The van der Waals surface area contributed by atoms with Crippen LogP contribution in [-0.2, 0) is 16.0 Å². The second kappa shape index (κ2) is 9.82. The lowest BCUT2D eigenvalue weighted by molar-refractivity contribution is -0.124. The number of benzene rings is 2. The van der Waals surface area contributed by atoms with Crippen molar-refractivity contribution in [2.75, 3.05) is 13.2 Å². The maximum atomic E-state index is 12.2. The van der Waals surface area contributed by atoms with Crippen LogP contribution < -0.4 is 10.1 Å². The summed E-state index contributed by atoms with van der Waals surface area (Å²) in [6.45, 7) is 2.70. The van der Waals surface area contributed by atoms with Gasteiger partial charge in [0, 0.05) is 6.54 Å². The summed E-state index contributed by atoms with van der Waals surface area (Å²) in [7, 11) is 0. The summed E-state index contributed by atoms with van der Waals surface area (Å²) in [4.78, 5) is 24.1. The van der Waals surface area contributed by atoms with E-state index in [4.69, 9.17) is 4.74 Å². The van der Waals surface area contributed by atoms with Crippen LogP contribution in [0.1, 0.15) is 32.6 Å². The van der Waals surface area contributed by atoms with Gasteiger partial charge in [-0.25, -0.2) is 4.79 Å². The Morgan fingerprint density at radius 3 is 2.21 bits per heavy atom. The highest BCUT2D eigenvalue weighted by atomic mass is 19.3. The molecule has 1 N–H and O–H groups in total. The number of aryl methyl sites for hydroxylation is 3. The first kappa shape index (κ1) is 21.3. The van der Waals surface area contributed by atoms with Crippen molar-refractivity contribution in [2.45, 2.75) is 33.8 Å². The van der Waals surface area contributed by atoms with Gasteiger partial charge in [0.25, 0.3) is 5.91 Å². The van der Waals surface area contributed by atoms with Crippen molar-refractivity contribution in [3.8, 4) is 5.75 Å². The Kier molecular flexibility index (Phi) is 7.49. The summed E-state index contributed by atoms with van der Waals surface area (Å²) in [6.07, 6.45) is 0.505. The van der Waals surface area contributed by atoms with Gasteiger partial charge in [0.1, 0.15) is 5.75 Å². The number of nitrogens with one attached hydrogen (secondary N) is 1. The van der Waals surface area contributed by atoms with E-state index in [-0.39, 0.29) is 12.4 Å². The van der Waals surface area contributed by atoms with Crippen molar-refractivity contribution in [2.24, 2.45) is 0 Å². The highest BCUT2D eigenvalue weighted by Gasteiger charge is 2.15. The summed E-state index contributed by atoms with van der Waals surface area (Å²) in [6, 6.07) is 9.96. The van der Waals surface area contributed by atoms with E-state index >= 15 is 0 Å². The van der Waals surface area contributed by atoms with Gasteiger partial charge in [-0.05, 0) is 56.0 Å². The molecule has 0 saturated heterocycles. The molecule has 2 aromatic carbocycles. The van der Waals surface area contributed by atoms with Gasteiger partial charge in [0.05, 0.1) is 5.56 Å². The normalized spacial score (nSPS) is 10.6. The molecular formula is C21H23F2NO4. The van der Waals surface area contributed by atoms with Gasteiger partial charge in [-0.15, -0.1) is 0 Å². The predicted octanol–water partition coefficient (Wildman–Crippen LogP) is 3.73. The van der Waals surface area contributed by atoms with Crippen LogP contribution in [0.5, 0.6) is 5.75 Å². The fourth-order valence-electron chi connectivity index (χ4n) is 2.94. The molecule has 1 amide bonds. The van der Waals surface area contributed by atoms with Crippen molar-refractivity contribution in [3.05, 3.63) is 64.2 Å². The zero-order valence-corrected chi connectivity index (χ0v) is 16.1. The highest BCUT2D eigenvalue weighted by Crippen LogP contribution is 2.17. The number of esters is 1.